The van der Waals surface area contributed by atoms with Crippen molar-refractivity contribution in [2.75, 3.05) is 20.3 Å². The van der Waals surface area contributed by atoms with E-state index in [1.54, 1.807) is 18.2 Å². The van der Waals surface area contributed by atoms with Crippen molar-refractivity contribution in [3.8, 4) is 5.75 Å². The summed E-state index contributed by atoms with van der Waals surface area (Å²) in [7, 11) is 1.50. The fourth-order valence-electron chi connectivity index (χ4n) is 1.72. The first kappa shape index (κ1) is 15.8. The molecule has 19 heavy (non-hydrogen) atoms. The predicted octanol–water partition coefficient (Wildman–Crippen LogP) is 1.95. The molecule has 1 aromatic carbocycles. The molecule has 0 amide bonds. The number of rotatable bonds is 8. The summed E-state index contributed by atoms with van der Waals surface area (Å²) in [6.07, 6.45) is -0.643. The van der Waals surface area contributed by atoms with Gasteiger partial charge in [-0.05, 0) is 13.0 Å². The van der Waals surface area contributed by atoms with E-state index in [1.165, 1.54) is 13.2 Å². The first-order valence-electron chi connectivity index (χ1n) is 5.98. The summed E-state index contributed by atoms with van der Waals surface area (Å²) in [5, 5.41) is 12.6. The maximum atomic E-state index is 12.3. The number of ether oxygens (including phenoxy) is 2. The van der Waals surface area contributed by atoms with E-state index in [1.807, 2.05) is 6.92 Å². The third kappa shape index (κ3) is 5.50. The first-order chi connectivity index (χ1) is 9.04. The molecule has 0 radical (unpaired) electrons. The van der Waals surface area contributed by atoms with E-state index in [9.17, 15) is 13.9 Å². The van der Waals surface area contributed by atoms with Crippen molar-refractivity contribution in [3.05, 3.63) is 29.8 Å². The number of hydrogen-bond donors (Lipinski definition) is 2. The number of alkyl halides is 2. The van der Waals surface area contributed by atoms with Gasteiger partial charge in [-0.2, -0.15) is 8.78 Å². The molecule has 2 N–H and O–H groups in total. The van der Waals surface area contributed by atoms with Crippen LogP contribution in [0, 0.1) is 0 Å². The van der Waals surface area contributed by atoms with Gasteiger partial charge in [0.2, 0.25) is 0 Å². The number of benzene rings is 1. The van der Waals surface area contributed by atoms with Crippen LogP contribution >= 0.6 is 0 Å². The van der Waals surface area contributed by atoms with E-state index in [0.717, 1.165) is 0 Å². The summed E-state index contributed by atoms with van der Waals surface area (Å²) in [6.45, 7) is -0.521. The molecule has 0 fully saturated rings. The minimum atomic E-state index is -2.85. The number of nitrogens with one attached hydrogen (secondary N) is 1. The van der Waals surface area contributed by atoms with Gasteiger partial charge in [0.05, 0.1) is 12.7 Å². The Kier molecular flexibility index (Phi) is 6.69. The standard InChI is InChI=1S/C13H19F2NO3/c1-9(16-7-10(17)8-18-2)11-5-3-4-6-12(11)19-13(14)15/h3-6,9-10,13,16-17H,7-8H2,1-2H3. The van der Waals surface area contributed by atoms with Crippen LogP contribution in [0.25, 0.3) is 0 Å². The Morgan fingerprint density at radius 3 is 2.63 bits per heavy atom. The Hall–Kier alpha value is -1.24. The van der Waals surface area contributed by atoms with Crippen LogP contribution in [0.15, 0.2) is 24.3 Å². The molecule has 2 unspecified atom stereocenters. The van der Waals surface area contributed by atoms with Crippen LogP contribution in [0.4, 0.5) is 8.78 Å². The Balaban J connectivity index is 2.63. The molecule has 1 rings (SSSR count). The topological polar surface area (TPSA) is 50.7 Å². The number of para-hydroxylation sites is 1. The largest absolute Gasteiger partial charge is 0.434 e. The Labute approximate surface area is 111 Å². The van der Waals surface area contributed by atoms with E-state index in [0.29, 0.717) is 12.1 Å². The first-order valence-corrected chi connectivity index (χ1v) is 5.98. The molecule has 0 bridgehead atoms. The number of methoxy groups -OCH3 is 1. The van der Waals surface area contributed by atoms with Gasteiger partial charge in [0.15, 0.2) is 0 Å². The van der Waals surface area contributed by atoms with Crippen LogP contribution in [0.1, 0.15) is 18.5 Å². The van der Waals surface area contributed by atoms with E-state index < -0.39 is 12.7 Å². The van der Waals surface area contributed by atoms with Crippen molar-refractivity contribution in [1.82, 2.24) is 5.32 Å². The van der Waals surface area contributed by atoms with Crippen LogP contribution in [-0.4, -0.2) is 38.1 Å². The zero-order valence-corrected chi connectivity index (χ0v) is 11.0. The van der Waals surface area contributed by atoms with Crippen LogP contribution in [0.3, 0.4) is 0 Å². The average molecular weight is 275 g/mol. The lowest BCUT2D eigenvalue weighted by atomic mass is 10.1. The highest BCUT2D eigenvalue weighted by Crippen LogP contribution is 2.26. The summed E-state index contributed by atoms with van der Waals surface area (Å²) in [5.41, 5.74) is 0.618. The highest BCUT2D eigenvalue weighted by Gasteiger charge is 2.15. The number of aliphatic hydroxyl groups excluding tert-OH is 1. The van der Waals surface area contributed by atoms with Crippen molar-refractivity contribution < 1.29 is 23.4 Å². The monoisotopic (exact) mass is 275 g/mol. The van der Waals surface area contributed by atoms with Crippen molar-refractivity contribution in [2.24, 2.45) is 0 Å². The SMILES string of the molecule is COCC(O)CNC(C)c1ccccc1OC(F)F. The molecule has 1 aromatic rings. The van der Waals surface area contributed by atoms with Crippen molar-refractivity contribution in [3.63, 3.8) is 0 Å². The number of halogens is 2. The molecule has 0 aliphatic rings. The molecule has 0 spiro atoms. The fourth-order valence-corrected chi connectivity index (χ4v) is 1.72. The van der Waals surface area contributed by atoms with E-state index in [2.05, 4.69) is 10.1 Å². The van der Waals surface area contributed by atoms with E-state index in [4.69, 9.17) is 4.74 Å². The number of aliphatic hydroxyl groups is 1. The molecule has 6 heteroatoms. The molecule has 0 aliphatic carbocycles. The lowest BCUT2D eigenvalue weighted by Crippen LogP contribution is -2.32. The molecule has 0 saturated carbocycles. The van der Waals surface area contributed by atoms with Gasteiger partial charge in [-0.25, -0.2) is 0 Å². The Morgan fingerprint density at radius 2 is 2.00 bits per heavy atom. The molecular formula is C13H19F2NO3. The molecule has 108 valence electrons. The van der Waals surface area contributed by atoms with Gasteiger partial charge in [-0.1, -0.05) is 18.2 Å². The maximum Gasteiger partial charge on any atom is 0.387 e. The van der Waals surface area contributed by atoms with E-state index >= 15 is 0 Å². The second kappa shape index (κ2) is 8.04. The second-order valence-electron chi connectivity index (χ2n) is 4.16. The van der Waals surface area contributed by atoms with Gasteiger partial charge in [-0.15, -0.1) is 0 Å². The molecule has 0 aromatic heterocycles. The minimum Gasteiger partial charge on any atom is -0.434 e. The Bertz CT molecular complexity index is 377. The molecule has 4 nitrogen and oxygen atoms in total. The fraction of sp³-hybridized carbons (Fsp3) is 0.538. The number of hydrogen-bond acceptors (Lipinski definition) is 4. The summed E-state index contributed by atoms with van der Waals surface area (Å²) >= 11 is 0. The Morgan fingerprint density at radius 1 is 1.32 bits per heavy atom. The quantitative estimate of drug-likeness (QED) is 0.761. The highest BCUT2D eigenvalue weighted by molar-refractivity contribution is 5.35. The van der Waals surface area contributed by atoms with Gasteiger partial charge >= 0.3 is 6.61 Å². The lowest BCUT2D eigenvalue weighted by molar-refractivity contribution is -0.0507. The zero-order chi connectivity index (χ0) is 14.3. The van der Waals surface area contributed by atoms with Gasteiger partial charge in [0.1, 0.15) is 5.75 Å². The highest BCUT2D eigenvalue weighted by atomic mass is 19.3. The van der Waals surface area contributed by atoms with Crippen molar-refractivity contribution in [1.29, 1.82) is 0 Å². The van der Waals surface area contributed by atoms with Crippen molar-refractivity contribution in [2.45, 2.75) is 25.7 Å². The minimum absolute atomic E-state index is 0.138. The smallest absolute Gasteiger partial charge is 0.387 e. The second-order valence-corrected chi connectivity index (χ2v) is 4.16. The summed E-state index contributed by atoms with van der Waals surface area (Å²) in [6, 6.07) is 6.36. The maximum absolute atomic E-state index is 12.3. The molecular weight excluding hydrogens is 256 g/mol. The van der Waals surface area contributed by atoms with Crippen LogP contribution in [0.5, 0.6) is 5.75 Å². The van der Waals surface area contributed by atoms with Gasteiger partial charge in [0, 0.05) is 25.3 Å². The third-order valence-corrected chi connectivity index (χ3v) is 2.62. The van der Waals surface area contributed by atoms with Gasteiger partial charge in [-0.3, -0.25) is 0 Å². The summed E-state index contributed by atoms with van der Waals surface area (Å²) < 4.78 is 33.8. The summed E-state index contributed by atoms with van der Waals surface area (Å²) in [4.78, 5) is 0. The predicted molar refractivity (Wildman–Crippen MR) is 67.4 cm³/mol. The van der Waals surface area contributed by atoms with E-state index in [-0.39, 0.29) is 18.4 Å². The lowest BCUT2D eigenvalue weighted by Gasteiger charge is -2.19. The van der Waals surface area contributed by atoms with Crippen LogP contribution < -0.4 is 10.1 Å². The normalized spacial score (nSPS) is 14.4. The van der Waals surface area contributed by atoms with Crippen LogP contribution in [0.2, 0.25) is 0 Å². The average Bonchev–Trinajstić information content (AvgIpc) is 2.36. The molecule has 0 heterocycles. The van der Waals surface area contributed by atoms with Crippen molar-refractivity contribution >= 4 is 0 Å². The third-order valence-electron chi connectivity index (χ3n) is 2.62. The molecule has 2 atom stereocenters. The van der Waals surface area contributed by atoms with Gasteiger partial charge in [0.25, 0.3) is 0 Å². The van der Waals surface area contributed by atoms with Gasteiger partial charge < -0.3 is 19.9 Å². The summed E-state index contributed by atoms with van der Waals surface area (Å²) in [5.74, 6) is 0.138. The zero-order valence-electron chi connectivity index (χ0n) is 11.0. The molecule has 0 saturated heterocycles. The molecule has 0 aliphatic heterocycles. The van der Waals surface area contributed by atoms with Crippen LogP contribution in [-0.2, 0) is 4.74 Å².